The fourth-order valence-electron chi connectivity index (χ4n) is 2.02. The summed E-state index contributed by atoms with van der Waals surface area (Å²) in [5.74, 6) is 0.853. The Balaban J connectivity index is 2.14. The van der Waals surface area contributed by atoms with Crippen molar-refractivity contribution in [2.75, 3.05) is 22.9 Å². The molecule has 0 aliphatic heterocycles. The van der Waals surface area contributed by atoms with Crippen LogP contribution >= 0.6 is 0 Å². The van der Waals surface area contributed by atoms with Crippen LogP contribution in [0.25, 0.3) is 0 Å². The molecule has 1 aromatic carbocycles. The zero-order valence-corrected chi connectivity index (χ0v) is 13.2. The minimum Gasteiger partial charge on any atom is -0.494 e. The molecular weight excluding hydrogens is 292 g/mol. The fourth-order valence-corrected chi connectivity index (χ4v) is 2.66. The molecule has 2 N–H and O–H groups in total. The maximum atomic E-state index is 11.9. The van der Waals surface area contributed by atoms with Crippen molar-refractivity contribution in [2.45, 2.75) is 20.3 Å². The molecule has 0 spiro atoms. The van der Waals surface area contributed by atoms with Crippen molar-refractivity contribution in [2.24, 2.45) is 11.8 Å². The third kappa shape index (κ3) is 3.87. The molecule has 1 saturated carbocycles. The van der Waals surface area contributed by atoms with Crippen LogP contribution in [0.5, 0.6) is 5.75 Å². The van der Waals surface area contributed by atoms with Crippen molar-refractivity contribution in [1.29, 1.82) is 0 Å². The van der Waals surface area contributed by atoms with Crippen molar-refractivity contribution in [3.63, 3.8) is 0 Å². The highest BCUT2D eigenvalue weighted by Crippen LogP contribution is 2.39. The van der Waals surface area contributed by atoms with Gasteiger partial charge >= 0.3 is 0 Å². The number of rotatable bonds is 6. The Labute approximate surface area is 124 Å². The average molecular weight is 312 g/mol. The van der Waals surface area contributed by atoms with Gasteiger partial charge in [0.1, 0.15) is 5.75 Å². The van der Waals surface area contributed by atoms with E-state index in [1.54, 1.807) is 25.1 Å². The van der Waals surface area contributed by atoms with E-state index in [-0.39, 0.29) is 17.6 Å². The lowest BCUT2D eigenvalue weighted by Crippen LogP contribution is -2.16. The molecular formula is C14H20N2O4S. The molecule has 116 valence electrons. The van der Waals surface area contributed by atoms with Crippen LogP contribution in [0.15, 0.2) is 18.2 Å². The summed E-state index contributed by atoms with van der Waals surface area (Å²) in [6.07, 6.45) is 0.914. The van der Waals surface area contributed by atoms with E-state index >= 15 is 0 Å². The quantitative estimate of drug-likeness (QED) is 0.842. The van der Waals surface area contributed by atoms with E-state index in [4.69, 9.17) is 4.74 Å². The normalized spacial score (nSPS) is 20.7. The van der Waals surface area contributed by atoms with Gasteiger partial charge < -0.3 is 10.1 Å². The molecule has 0 radical (unpaired) electrons. The van der Waals surface area contributed by atoms with Gasteiger partial charge in [0.15, 0.2) is 0 Å². The Morgan fingerprint density at radius 2 is 2.10 bits per heavy atom. The van der Waals surface area contributed by atoms with E-state index in [9.17, 15) is 13.2 Å². The predicted molar refractivity (Wildman–Crippen MR) is 82.0 cm³/mol. The molecule has 1 fully saturated rings. The minimum atomic E-state index is -3.37. The number of anilines is 2. The summed E-state index contributed by atoms with van der Waals surface area (Å²) in [6.45, 7) is 3.59. The van der Waals surface area contributed by atoms with Crippen molar-refractivity contribution in [3.8, 4) is 5.75 Å². The Hall–Kier alpha value is -1.76. The third-order valence-corrected chi connectivity index (χ3v) is 4.85. The number of carbonyl (C=O) groups is 1. The van der Waals surface area contributed by atoms with Crippen LogP contribution in [0.1, 0.15) is 20.3 Å². The highest BCUT2D eigenvalue weighted by molar-refractivity contribution is 7.92. The number of ether oxygens (including phenoxy) is 1. The van der Waals surface area contributed by atoms with Gasteiger partial charge in [0.2, 0.25) is 15.9 Å². The highest BCUT2D eigenvalue weighted by Gasteiger charge is 2.39. The Bertz CT molecular complexity index is 642. The summed E-state index contributed by atoms with van der Waals surface area (Å²) in [7, 11) is -1.92. The fraction of sp³-hybridized carbons (Fsp3) is 0.500. The van der Waals surface area contributed by atoms with Gasteiger partial charge in [-0.25, -0.2) is 8.42 Å². The number of sulfonamides is 1. The first kappa shape index (κ1) is 15.6. The van der Waals surface area contributed by atoms with Gasteiger partial charge in [0, 0.05) is 17.7 Å². The number of carbonyl (C=O) groups excluding carboxylic acids is 1. The molecule has 0 aromatic heterocycles. The first-order valence-electron chi connectivity index (χ1n) is 6.85. The van der Waals surface area contributed by atoms with Gasteiger partial charge in [-0.15, -0.1) is 0 Å². The lowest BCUT2D eigenvalue weighted by molar-refractivity contribution is -0.117. The van der Waals surface area contributed by atoms with Crippen LogP contribution in [-0.4, -0.2) is 27.2 Å². The van der Waals surface area contributed by atoms with Gasteiger partial charge in [0.05, 0.1) is 18.6 Å². The number of hydrogen-bond donors (Lipinski definition) is 2. The Morgan fingerprint density at radius 3 is 2.62 bits per heavy atom. The second-order valence-corrected chi connectivity index (χ2v) is 7.24. The van der Waals surface area contributed by atoms with Crippen LogP contribution in [0.2, 0.25) is 0 Å². The zero-order chi connectivity index (χ0) is 15.6. The number of methoxy groups -OCH3 is 1. The van der Waals surface area contributed by atoms with Crippen molar-refractivity contribution >= 4 is 27.3 Å². The van der Waals surface area contributed by atoms with E-state index in [2.05, 4.69) is 10.0 Å². The van der Waals surface area contributed by atoms with Crippen molar-refractivity contribution in [1.82, 2.24) is 0 Å². The van der Waals surface area contributed by atoms with E-state index in [0.29, 0.717) is 23.0 Å². The SMILES string of the molecule is CCS(=O)(=O)Nc1ccc(NC(=O)C2CC2C)cc1OC. The summed E-state index contributed by atoms with van der Waals surface area (Å²) in [5, 5.41) is 2.82. The second-order valence-electron chi connectivity index (χ2n) is 5.23. The molecule has 21 heavy (non-hydrogen) atoms. The van der Waals surface area contributed by atoms with Crippen LogP contribution in [0, 0.1) is 11.8 Å². The number of benzene rings is 1. The summed E-state index contributed by atoms with van der Waals surface area (Å²) >= 11 is 0. The van der Waals surface area contributed by atoms with Gasteiger partial charge in [-0.05, 0) is 31.4 Å². The Kier molecular flexibility index (Phi) is 4.41. The molecule has 1 aromatic rings. The lowest BCUT2D eigenvalue weighted by atomic mass is 10.2. The van der Waals surface area contributed by atoms with E-state index in [1.165, 1.54) is 7.11 Å². The second kappa shape index (κ2) is 5.93. The van der Waals surface area contributed by atoms with Gasteiger partial charge in [-0.3, -0.25) is 9.52 Å². The van der Waals surface area contributed by atoms with Crippen LogP contribution in [0.4, 0.5) is 11.4 Å². The minimum absolute atomic E-state index is 0.00792. The molecule has 1 amide bonds. The molecule has 0 bridgehead atoms. The van der Waals surface area contributed by atoms with Crippen LogP contribution in [-0.2, 0) is 14.8 Å². The molecule has 1 aliphatic carbocycles. The smallest absolute Gasteiger partial charge is 0.232 e. The van der Waals surface area contributed by atoms with Gasteiger partial charge in [-0.2, -0.15) is 0 Å². The summed E-state index contributed by atoms with van der Waals surface area (Å²) in [4.78, 5) is 11.9. The van der Waals surface area contributed by atoms with E-state index in [1.807, 2.05) is 6.92 Å². The molecule has 6 nitrogen and oxygen atoms in total. The number of nitrogens with one attached hydrogen (secondary N) is 2. The number of hydrogen-bond acceptors (Lipinski definition) is 4. The van der Waals surface area contributed by atoms with Gasteiger partial charge in [-0.1, -0.05) is 6.92 Å². The third-order valence-electron chi connectivity index (χ3n) is 3.56. The molecule has 0 saturated heterocycles. The van der Waals surface area contributed by atoms with E-state index < -0.39 is 10.0 Å². The molecule has 7 heteroatoms. The van der Waals surface area contributed by atoms with Crippen molar-refractivity contribution < 1.29 is 17.9 Å². The van der Waals surface area contributed by atoms with E-state index in [0.717, 1.165) is 6.42 Å². The highest BCUT2D eigenvalue weighted by atomic mass is 32.2. The maximum absolute atomic E-state index is 11.9. The monoisotopic (exact) mass is 312 g/mol. The lowest BCUT2D eigenvalue weighted by Gasteiger charge is -2.13. The molecule has 0 heterocycles. The van der Waals surface area contributed by atoms with Gasteiger partial charge in [0.25, 0.3) is 0 Å². The standard InChI is InChI=1S/C14H20N2O4S/c1-4-21(18,19)16-12-6-5-10(8-13(12)20-3)15-14(17)11-7-9(11)2/h5-6,8-9,11,16H,4,7H2,1-3H3,(H,15,17). The van der Waals surface area contributed by atoms with Crippen LogP contribution in [0.3, 0.4) is 0 Å². The maximum Gasteiger partial charge on any atom is 0.232 e. The first-order valence-corrected chi connectivity index (χ1v) is 8.51. The first-order chi connectivity index (χ1) is 9.86. The molecule has 2 atom stereocenters. The van der Waals surface area contributed by atoms with Crippen molar-refractivity contribution in [3.05, 3.63) is 18.2 Å². The number of amides is 1. The predicted octanol–water partition coefficient (Wildman–Crippen LogP) is 2.05. The largest absolute Gasteiger partial charge is 0.494 e. The summed E-state index contributed by atoms with van der Waals surface area (Å²) < 4.78 is 30.8. The topological polar surface area (TPSA) is 84.5 Å². The van der Waals surface area contributed by atoms with Crippen LogP contribution < -0.4 is 14.8 Å². The molecule has 2 unspecified atom stereocenters. The zero-order valence-electron chi connectivity index (χ0n) is 12.3. The average Bonchev–Trinajstić information content (AvgIpc) is 3.17. The Morgan fingerprint density at radius 1 is 1.43 bits per heavy atom. The summed E-state index contributed by atoms with van der Waals surface area (Å²) in [5.41, 5.74) is 0.951. The molecule has 1 aliphatic rings. The molecule has 2 rings (SSSR count). The summed E-state index contributed by atoms with van der Waals surface area (Å²) in [6, 6.07) is 4.84.